The molecule has 0 atom stereocenters. The summed E-state index contributed by atoms with van der Waals surface area (Å²) >= 11 is 0. The number of aromatic carboxylic acids is 1. The molecule has 1 fully saturated rings. The van der Waals surface area contributed by atoms with E-state index in [2.05, 4.69) is 15.4 Å². The number of carboxylic acid groups (broad SMARTS) is 1. The van der Waals surface area contributed by atoms with Crippen LogP contribution in [0.1, 0.15) is 45.9 Å². The fourth-order valence-electron chi connectivity index (χ4n) is 2.78. The minimum atomic E-state index is -0.897. The molecule has 1 aromatic carbocycles. The van der Waals surface area contributed by atoms with Crippen molar-refractivity contribution >= 4 is 5.97 Å². The molecule has 0 amide bonds. The van der Waals surface area contributed by atoms with Crippen LogP contribution >= 0.6 is 0 Å². The molecule has 122 valence electrons. The highest BCUT2D eigenvalue weighted by atomic mass is 16.4. The Morgan fingerprint density at radius 2 is 1.79 bits per heavy atom. The Morgan fingerprint density at radius 1 is 1.12 bits per heavy atom. The largest absolute Gasteiger partial charge is 0.478 e. The van der Waals surface area contributed by atoms with Gasteiger partial charge in [-0.3, -0.25) is 4.68 Å². The highest BCUT2D eigenvalue weighted by Crippen LogP contribution is 2.40. The second-order valence-corrected chi connectivity index (χ2v) is 6.12. The number of aromatic nitrogens is 5. The molecule has 0 bridgehead atoms. The number of rotatable bonds is 6. The van der Waals surface area contributed by atoms with E-state index in [4.69, 9.17) is 0 Å². The fourth-order valence-corrected chi connectivity index (χ4v) is 2.78. The van der Waals surface area contributed by atoms with E-state index in [0.29, 0.717) is 24.6 Å². The summed E-state index contributed by atoms with van der Waals surface area (Å²) in [6.07, 6.45) is 7.19. The summed E-state index contributed by atoms with van der Waals surface area (Å²) in [6, 6.07) is 8.15. The van der Waals surface area contributed by atoms with Gasteiger partial charge >= 0.3 is 5.97 Å². The predicted molar refractivity (Wildman–Crippen MR) is 85.8 cm³/mol. The molecule has 1 saturated carbocycles. The Morgan fingerprint density at radius 3 is 2.33 bits per heavy atom. The van der Waals surface area contributed by atoms with Crippen molar-refractivity contribution in [1.82, 2.24) is 24.8 Å². The SMILES string of the molecule is O=C(O)c1cn(Cc2ccc(Cn3ccnn3)cc2)nc1C1CC1. The summed E-state index contributed by atoms with van der Waals surface area (Å²) in [5.41, 5.74) is 3.28. The van der Waals surface area contributed by atoms with Gasteiger partial charge in [-0.05, 0) is 24.0 Å². The van der Waals surface area contributed by atoms with Gasteiger partial charge in [0.1, 0.15) is 5.56 Å². The predicted octanol–water partition coefficient (Wildman–Crippen LogP) is 2.15. The van der Waals surface area contributed by atoms with Crippen LogP contribution < -0.4 is 0 Å². The maximum Gasteiger partial charge on any atom is 0.339 e. The highest BCUT2D eigenvalue weighted by Gasteiger charge is 2.31. The van der Waals surface area contributed by atoms with Gasteiger partial charge in [0, 0.05) is 18.3 Å². The van der Waals surface area contributed by atoms with Crippen LogP contribution in [0.5, 0.6) is 0 Å². The zero-order valence-electron chi connectivity index (χ0n) is 13.0. The highest BCUT2D eigenvalue weighted by molar-refractivity contribution is 5.89. The second-order valence-electron chi connectivity index (χ2n) is 6.12. The van der Waals surface area contributed by atoms with Crippen LogP contribution in [0, 0.1) is 0 Å². The first-order valence-corrected chi connectivity index (χ1v) is 7.91. The van der Waals surface area contributed by atoms with Gasteiger partial charge in [0.05, 0.1) is 25.0 Å². The third-order valence-electron chi connectivity index (χ3n) is 4.17. The molecule has 1 N–H and O–H groups in total. The third kappa shape index (κ3) is 3.05. The van der Waals surface area contributed by atoms with E-state index < -0.39 is 5.97 Å². The lowest BCUT2D eigenvalue weighted by Crippen LogP contribution is -2.03. The number of nitrogens with zero attached hydrogens (tertiary/aromatic N) is 5. The third-order valence-corrected chi connectivity index (χ3v) is 4.17. The Hall–Kier alpha value is -2.96. The smallest absolute Gasteiger partial charge is 0.339 e. The normalized spacial score (nSPS) is 14.0. The molecule has 1 aliphatic rings. The van der Waals surface area contributed by atoms with Gasteiger partial charge in [-0.15, -0.1) is 5.10 Å². The molecule has 0 radical (unpaired) electrons. The average Bonchev–Trinajstić information content (AvgIpc) is 3.12. The lowest BCUT2D eigenvalue weighted by molar-refractivity contribution is 0.0695. The Labute approximate surface area is 138 Å². The van der Waals surface area contributed by atoms with Crippen molar-refractivity contribution in [2.75, 3.05) is 0 Å². The van der Waals surface area contributed by atoms with Gasteiger partial charge in [-0.1, -0.05) is 29.5 Å². The van der Waals surface area contributed by atoms with Crippen molar-refractivity contribution in [2.24, 2.45) is 0 Å². The molecule has 7 heteroatoms. The van der Waals surface area contributed by atoms with E-state index in [-0.39, 0.29) is 0 Å². The van der Waals surface area contributed by atoms with Gasteiger partial charge < -0.3 is 5.11 Å². The first-order chi connectivity index (χ1) is 11.7. The summed E-state index contributed by atoms with van der Waals surface area (Å²) in [6.45, 7) is 1.24. The minimum absolute atomic E-state index is 0.322. The van der Waals surface area contributed by atoms with Gasteiger partial charge in [0.25, 0.3) is 0 Å². The molecule has 1 aliphatic carbocycles. The molecule has 2 aromatic heterocycles. The Balaban J connectivity index is 1.49. The lowest BCUT2D eigenvalue weighted by atomic mass is 10.1. The van der Waals surface area contributed by atoms with Crippen LogP contribution in [0.3, 0.4) is 0 Å². The van der Waals surface area contributed by atoms with Crippen molar-refractivity contribution in [1.29, 1.82) is 0 Å². The molecule has 24 heavy (non-hydrogen) atoms. The van der Waals surface area contributed by atoms with E-state index in [1.165, 1.54) is 0 Å². The summed E-state index contributed by atoms with van der Waals surface area (Å²) in [5, 5.41) is 21.5. The van der Waals surface area contributed by atoms with Crippen molar-refractivity contribution in [3.63, 3.8) is 0 Å². The monoisotopic (exact) mass is 323 g/mol. The van der Waals surface area contributed by atoms with E-state index in [1.54, 1.807) is 21.8 Å². The zero-order valence-corrected chi connectivity index (χ0v) is 13.0. The molecule has 2 heterocycles. The van der Waals surface area contributed by atoms with Crippen molar-refractivity contribution < 1.29 is 9.90 Å². The maximum absolute atomic E-state index is 11.3. The Kier molecular flexibility index (Phi) is 3.60. The molecule has 3 aromatic rings. The number of hydrogen-bond acceptors (Lipinski definition) is 4. The van der Waals surface area contributed by atoms with Crippen LogP contribution in [0.4, 0.5) is 0 Å². The molecule has 0 spiro atoms. The standard InChI is InChI=1S/C17H17N5O2/c23-17(24)15-11-22(19-16(15)14-5-6-14)10-13-3-1-12(2-4-13)9-21-8-7-18-20-21/h1-4,7-8,11,14H,5-6,9-10H2,(H,23,24). The van der Waals surface area contributed by atoms with E-state index >= 15 is 0 Å². The molecule has 7 nitrogen and oxygen atoms in total. The van der Waals surface area contributed by atoms with Crippen LogP contribution in [0.25, 0.3) is 0 Å². The summed E-state index contributed by atoms with van der Waals surface area (Å²) < 4.78 is 3.49. The minimum Gasteiger partial charge on any atom is -0.478 e. The molecular weight excluding hydrogens is 306 g/mol. The molecule has 4 rings (SSSR count). The molecule has 0 saturated heterocycles. The van der Waals surface area contributed by atoms with Crippen LogP contribution in [0.15, 0.2) is 42.9 Å². The van der Waals surface area contributed by atoms with Crippen LogP contribution in [-0.2, 0) is 13.1 Å². The quantitative estimate of drug-likeness (QED) is 0.751. The number of carboxylic acids is 1. The van der Waals surface area contributed by atoms with E-state index in [0.717, 1.165) is 29.7 Å². The average molecular weight is 323 g/mol. The number of hydrogen-bond donors (Lipinski definition) is 1. The molecular formula is C17H17N5O2. The van der Waals surface area contributed by atoms with Crippen LogP contribution in [0.2, 0.25) is 0 Å². The van der Waals surface area contributed by atoms with Gasteiger partial charge in [-0.2, -0.15) is 5.10 Å². The first-order valence-electron chi connectivity index (χ1n) is 7.91. The topological polar surface area (TPSA) is 85.8 Å². The zero-order chi connectivity index (χ0) is 16.5. The Bertz CT molecular complexity index is 848. The van der Waals surface area contributed by atoms with Gasteiger partial charge in [0.2, 0.25) is 0 Å². The van der Waals surface area contributed by atoms with Crippen molar-refractivity contribution in [3.8, 4) is 0 Å². The van der Waals surface area contributed by atoms with Crippen LogP contribution in [-0.4, -0.2) is 35.9 Å². The maximum atomic E-state index is 11.3. The molecule has 0 unspecified atom stereocenters. The lowest BCUT2D eigenvalue weighted by Gasteiger charge is -2.05. The van der Waals surface area contributed by atoms with E-state index in [1.807, 2.05) is 30.5 Å². The summed E-state index contributed by atoms with van der Waals surface area (Å²) in [4.78, 5) is 11.3. The summed E-state index contributed by atoms with van der Waals surface area (Å²) in [5.74, 6) is -0.575. The first kappa shape index (κ1) is 14.6. The number of benzene rings is 1. The second kappa shape index (κ2) is 5.92. The summed E-state index contributed by atoms with van der Waals surface area (Å²) in [7, 11) is 0. The van der Waals surface area contributed by atoms with E-state index in [9.17, 15) is 9.90 Å². The molecule has 0 aliphatic heterocycles. The van der Waals surface area contributed by atoms with Crippen molar-refractivity contribution in [3.05, 3.63) is 65.2 Å². The fraction of sp³-hybridized carbons (Fsp3) is 0.294. The van der Waals surface area contributed by atoms with Gasteiger partial charge in [0.15, 0.2) is 0 Å². The van der Waals surface area contributed by atoms with Crippen molar-refractivity contribution in [2.45, 2.75) is 31.8 Å². The van der Waals surface area contributed by atoms with Gasteiger partial charge in [-0.25, -0.2) is 9.48 Å². The number of carbonyl (C=O) groups is 1.